The van der Waals surface area contributed by atoms with Crippen molar-refractivity contribution in [2.24, 2.45) is 0 Å². The molecule has 0 aliphatic heterocycles. The van der Waals surface area contributed by atoms with Crippen molar-refractivity contribution in [2.75, 3.05) is 12.4 Å². The number of nitro benzene ring substituents is 1. The summed E-state index contributed by atoms with van der Waals surface area (Å²) >= 11 is 0. The van der Waals surface area contributed by atoms with E-state index in [2.05, 4.69) is 34.6 Å². The van der Waals surface area contributed by atoms with E-state index in [4.69, 9.17) is 0 Å². The lowest BCUT2D eigenvalue weighted by atomic mass is 10.1. The Hall–Kier alpha value is -3.67. The average molecular weight is 344 g/mol. The number of imidazole rings is 1. The zero-order valence-corrected chi connectivity index (χ0v) is 14.1. The molecular weight excluding hydrogens is 328 g/mol. The first-order chi connectivity index (χ1) is 12.7. The third-order valence-electron chi connectivity index (χ3n) is 4.37. The van der Waals surface area contributed by atoms with E-state index >= 15 is 0 Å². The highest BCUT2D eigenvalue weighted by Crippen LogP contribution is 2.28. The van der Waals surface area contributed by atoms with Gasteiger partial charge in [-0.25, -0.2) is 4.98 Å². The minimum Gasteiger partial charge on any atom is -0.386 e. The van der Waals surface area contributed by atoms with Crippen molar-refractivity contribution >= 4 is 22.1 Å². The first kappa shape index (κ1) is 15.8. The number of non-ortho nitro benzene ring substituents is 1. The van der Waals surface area contributed by atoms with Gasteiger partial charge >= 0.3 is 0 Å². The summed E-state index contributed by atoms with van der Waals surface area (Å²) in [5, 5.41) is 16.5. The SMILES string of the molecule is CNc1ccc([N+](=O)[O-])cc1-n1cnc(-c2ccc3ccccc3c2)c1. The van der Waals surface area contributed by atoms with Crippen LogP contribution >= 0.6 is 0 Å². The molecule has 6 nitrogen and oxygen atoms in total. The van der Waals surface area contributed by atoms with Gasteiger partial charge < -0.3 is 9.88 Å². The Morgan fingerprint density at radius 2 is 1.85 bits per heavy atom. The van der Waals surface area contributed by atoms with E-state index in [1.165, 1.54) is 17.5 Å². The summed E-state index contributed by atoms with van der Waals surface area (Å²) < 4.78 is 1.79. The van der Waals surface area contributed by atoms with Gasteiger partial charge in [-0.15, -0.1) is 0 Å². The number of benzene rings is 3. The molecule has 4 aromatic rings. The van der Waals surface area contributed by atoms with E-state index in [9.17, 15) is 10.1 Å². The molecule has 0 bridgehead atoms. The molecule has 0 radical (unpaired) electrons. The van der Waals surface area contributed by atoms with Crippen LogP contribution in [0.5, 0.6) is 0 Å². The first-order valence-corrected chi connectivity index (χ1v) is 8.15. The number of anilines is 1. The van der Waals surface area contributed by atoms with Crippen LogP contribution in [-0.4, -0.2) is 21.5 Å². The van der Waals surface area contributed by atoms with Crippen molar-refractivity contribution in [2.45, 2.75) is 0 Å². The number of hydrogen-bond acceptors (Lipinski definition) is 4. The van der Waals surface area contributed by atoms with Gasteiger partial charge in [-0.2, -0.15) is 0 Å². The number of nitrogens with zero attached hydrogens (tertiary/aromatic N) is 3. The van der Waals surface area contributed by atoms with Crippen LogP contribution in [0.3, 0.4) is 0 Å². The van der Waals surface area contributed by atoms with Gasteiger partial charge in [0.1, 0.15) is 0 Å². The summed E-state index contributed by atoms with van der Waals surface area (Å²) in [5.41, 5.74) is 3.32. The largest absolute Gasteiger partial charge is 0.386 e. The fourth-order valence-corrected chi connectivity index (χ4v) is 3.01. The number of nitrogens with one attached hydrogen (secondary N) is 1. The van der Waals surface area contributed by atoms with E-state index < -0.39 is 4.92 Å². The molecule has 0 saturated heterocycles. The highest BCUT2D eigenvalue weighted by atomic mass is 16.6. The Morgan fingerprint density at radius 3 is 2.62 bits per heavy atom. The molecule has 1 heterocycles. The van der Waals surface area contributed by atoms with E-state index in [0.717, 1.165) is 22.3 Å². The second-order valence-corrected chi connectivity index (χ2v) is 5.94. The van der Waals surface area contributed by atoms with Crippen LogP contribution in [0.4, 0.5) is 11.4 Å². The summed E-state index contributed by atoms with van der Waals surface area (Å²) in [6.45, 7) is 0. The fourth-order valence-electron chi connectivity index (χ4n) is 3.01. The van der Waals surface area contributed by atoms with Crippen LogP contribution in [0.25, 0.3) is 27.7 Å². The van der Waals surface area contributed by atoms with Gasteiger partial charge in [-0.3, -0.25) is 10.1 Å². The topological polar surface area (TPSA) is 73.0 Å². The lowest BCUT2D eigenvalue weighted by molar-refractivity contribution is -0.384. The van der Waals surface area contributed by atoms with Crippen LogP contribution in [-0.2, 0) is 0 Å². The Balaban J connectivity index is 1.78. The van der Waals surface area contributed by atoms with Crippen molar-refractivity contribution in [1.82, 2.24) is 9.55 Å². The normalized spacial score (nSPS) is 10.8. The summed E-state index contributed by atoms with van der Waals surface area (Å²) in [6, 6.07) is 19.1. The monoisotopic (exact) mass is 344 g/mol. The molecule has 128 valence electrons. The van der Waals surface area contributed by atoms with Gasteiger partial charge in [0.15, 0.2) is 0 Å². The third kappa shape index (κ3) is 2.77. The lowest BCUT2D eigenvalue weighted by Crippen LogP contribution is -2.00. The molecule has 26 heavy (non-hydrogen) atoms. The standard InChI is InChI=1S/C20H16N4O2/c1-21-18-9-8-17(24(25)26)11-20(18)23-12-19(22-13-23)16-7-6-14-4-2-3-5-15(14)10-16/h2-13,21H,1H3. The van der Waals surface area contributed by atoms with Crippen molar-refractivity contribution in [3.05, 3.63) is 83.3 Å². The molecule has 0 aliphatic rings. The van der Waals surface area contributed by atoms with Crippen molar-refractivity contribution in [1.29, 1.82) is 0 Å². The summed E-state index contributed by atoms with van der Waals surface area (Å²) in [7, 11) is 1.78. The third-order valence-corrected chi connectivity index (χ3v) is 4.37. The maximum Gasteiger partial charge on any atom is 0.271 e. The van der Waals surface area contributed by atoms with Crippen LogP contribution < -0.4 is 5.32 Å². The predicted molar refractivity (Wildman–Crippen MR) is 103 cm³/mol. The number of fused-ring (bicyclic) bond motifs is 1. The molecule has 0 spiro atoms. The molecule has 0 fully saturated rings. The summed E-state index contributed by atoms with van der Waals surface area (Å²) in [6.07, 6.45) is 3.55. The predicted octanol–water partition coefficient (Wildman–Crippen LogP) is 4.64. The van der Waals surface area contributed by atoms with Gasteiger partial charge in [0, 0.05) is 30.9 Å². The highest BCUT2D eigenvalue weighted by Gasteiger charge is 2.13. The van der Waals surface area contributed by atoms with Gasteiger partial charge in [-0.05, 0) is 22.9 Å². The van der Waals surface area contributed by atoms with E-state index in [1.54, 1.807) is 24.0 Å². The number of nitro groups is 1. The van der Waals surface area contributed by atoms with Gasteiger partial charge in [0.05, 0.1) is 28.3 Å². The number of hydrogen-bond donors (Lipinski definition) is 1. The molecule has 0 saturated carbocycles. The van der Waals surface area contributed by atoms with E-state index in [-0.39, 0.29) is 5.69 Å². The molecule has 0 atom stereocenters. The molecular formula is C20H16N4O2. The summed E-state index contributed by atoms with van der Waals surface area (Å²) in [4.78, 5) is 15.2. The zero-order chi connectivity index (χ0) is 18.1. The molecule has 0 unspecified atom stereocenters. The van der Waals surface area contributed by atoms with Gasteiger partial charge in [0.2, 0.25) is 0 Å². The first-order valence-electron chi connectivity index (χ1n) is 8.15. The molecule has 3 aromatic carbocycles. The maximum absolute atomic E-state index is 11.1. The van der Waals surface area contributed by atoms with Crippen LogP contribution in [0, 0.1) is 10.1 Å². The van der Waals surface area contributed by atoms with Crippen molar-refractivity contribution < 1.29 is 4.92 Å². The molecule has 1 aromatic heterocycles. The Kier molecular flexibility index (Phi) is 3.85. The fraction of sp³-hybridized carbons (Fsp3) is 0.0500. The molecule has 4 rings (SSSR count). The number of aromatic nitrogens is 2. The Labute approximate surface area is 149 Å². The Bertz CT molecular complexity index is 1120. The van der Waals surface area contributed by atoms with E-state index in [0.29, 0.717) is 5.69 Å². The molecule has 0 amide bonds. The van der Waals surface area contributed by atoms with Crippen molar-refractivity contribution in [3.8, 4) is 16.9 Å². The van der Waals surface area contributed by atoms with Crippen LogP contribution in [0.15, 0.2) is 73.2 Å². The second kappa shape index (κ2) is 6.33. The van der Waals surface area contributed by atoms with E-state index in [1.807, 2.05) is 24.4 Å². The minimum absolute atomic E-state index is 0.0416. The number of rotatable bonds is 4. The minimum atomic E-state index is -0.399. The van der Waals surface area contributed by atoms with Gasteiger partial charge in [-0.1, -0.05) is 36.4 Å². The highest BCUT2D eigenvalue weighted by molar-refractivity contribution is 5.86. The lowest BCUT2D eigenvalue weighted by Gasteiger charge is -2.09. The van der Waals surface area contributed by atoms with Gasteiger partial charge in [0.25, 0.3) is 5.69 Å². The Morgan fingerprint density at radius 1 is 1.04 bits per heavy atom. The zero-order valence-electron chi connectivity index (χ0n) is 14.1. The van der Waals surface area contributed by atoms with Crippen LogP contribution in [0.2, 0.25) is 0 Å². The van der Waals surface area contributed by atoms with Crippen LogP contribution in [0.1, 0.15) is 0 Å². The summed E-state index contributed by atoms with van der Waals surface area (Å²) in [5.74, 6) is 0. The average Bonchev–Trinajstić information content (AvgIpc) is 3.17. The second-order valence-electron chi connectivity index (χ2n) is 5.94. The quantitative estimate of drug-likeness (QED) is 0.432. The molecule has 1 N–H and O–H groups in total. The molecule has 0 aliphatic carbocycles. The van der Waals surface area contributed by atoms with Crippen molar-refractivity contribution in [3.63, 3.8) is 0 Å². The molecule has 6 heteroatoms. The smallest absolute Gasteiger partial charge is 0.271 e. The maximum atomic E-state index is 11.1.